The number of ether oxygens (including phenoxy) is 2. The molecule has 1 fully saturated rings. The molecule has 1 aromatic heterocycles. The molecule has 9 nitrogen and oxygen atoms in total. The minimum absolute atomic E-state index is 0.0463. The van der Waals surface area contributed by atoms with Gasteiger partial charge in [0.25, 0.3) is 11.8 Å². The van der Waals surface area contributed by atoms with Crippen LogP contribution in [-0.2, 0) is 16.1 Å². The molecule has 0 radical (unpaired) electrons. The molecule has 1 aromatic carbocycles. The highest BCUT2D eigenvalue weighted by atomic mass is 19.1. The summed E-state index contributed by atoms with van der Waals surface area (Å²) in [6.07, 6.45) is 0.438. The molecule has 0 unspecified atom stereocenters. The van der Waals surface area contributed by atoms with Crippen molar-refractivity contribution < 1.29 is 27.8 Å². The number of hydrogen-bond acceptors (Lipinski definition) is 6. The standard InChI is InChI=1S/C19H23F2N5O4/c1-29-7-6-22-19(28)17-11-25(24-23-17)10-15-8-14(21)9-26(15)18(27)12-30-16-4-2-13(20)3-5-16/h2-5,11,14-15H,6-10,12H2,1H3,(H,22,28)/t14-,15-/m0/s1. The summed E-state index contributed by atoms with van der Waals surface area (Å²) in [5.41, 5.74) is 0.124. The lowest BCUT2D eigenvalue weighted by Crippen LogP contribution is -2.41. The quantitative estimate of drug-likeness (QED) is 0.600. The zero-order chi connectivity index (χ0) is 21.5. The molecule has 2 amide bonds. The molecule has 2 atom stereocenters. The first kappa shape index (κ1) is 21.6. The molecule has 2 aromatic rings. The van der Waals surface area contributed by atoms with Crippen LogP contribution in [0.25, 0.3) is 0 Å². The summed E-state index contributed by atoms with van der Waals surface area (Å²) in [6, 6.07) is 4.83. The Labute approximate surface area is 171 Å². The van der Waals surface area contributed by atoms with Gasteiger partial charge in [0.2, 0.25) is 0 Å². The van der Waals surface area contributed by atoms with Crippen molar-refractivity contribution in [1.29, 1.82) is 0 Å². The van der Waals surface area contributed by atoms with Gasteiger partial charge < -0.3 is 19.7 Å². The van der Waals surface area contributed by atoms with E-state index >= 15 is 0 Å². The molecule has 3 rings (SSSR count). The zero-order valence-electron chi connectivity index (χ0n) is 16.5. The van der Waals surface area contributed by atoms with Gasteiger partial charge in [-0.05, 0) is 24.3 Å². The average molecular weight is 423 g/mol. The summed E-state index contributed by atoms with van der Waals surface area (Å²) in [7, 11) is 1.53. The first-order valence-corrected chi connectivity index (χ1v) is 9.45. The van der Waals surface area contributed by atoms with E-state index in [1.807, 2.05) is 0 Å². The summed E-state index contributed by atoms with van der Waals surface area (Å²) in [6.45, 7) is 0.567. The zero-order valence-corrected chi connectivity index (χ0v) is 16.5. The Morgan fingerprint density at radius 1 is 1.30 bits per heavy atom. The maximum atomic E-state index is 14.0. The van der Waals surface area contributed by atoms with Crippen LogP contribution in [0.3, 0.4) is 0 Å². The topological polar surface area (TPSA) is 98.6 Å². The lowest BCUT2D eigenvalue weighted by Gasteiger charge is -2.24. The summed E-state index contributed by atoms with van der Waals surface area (Å²) in [5.74, 6) is -0.846. The number of nitrogens with one attached hydrogen (secondary N) is 1. The van der Waals surface area contributed by atoms with Gasteiger partial charge in [-0.2, -0.15) is 0 Å². The van der Waals surface area contributed by atoms with E-state index in [4.69, 9.17) is 9.47 Å². The highest BCUT2D eigenvalue weighted by Crippen LogP contribution is 2.22. The van der Waals surface area contributed by atoms with Crippen molar-refractivity contribution >= 4 is 11.8 Å². The molecule has 1 aliphatic heterocycles. The third-order valence-electron chi connectivity index (χ3n) is 4.62. The number of benzene rings is 1. The molecule has 0 spiro atoms. The van der Waals surface area contributed by atoms with Crippen molar-refractivity contribution in [2.45, 2.75) is 25.2 Å². The Kier molecular flexibility index (Phi) is 7.28. The predicted octanol–water partition coefficient (Wildman–Crippen LogP) is 0.811. The number of alkyl halides is 1. The molecular weight excluding hydrogens is 400 g/mol. The van der Waals surface area contributed by atoms with Crippen LogP contribution in [0.5, 0.6) is 5.75 Å². The summed E-state index contributed by atoms with van der Waals surface area (Å²) in [5, 5.41) is 10.3. The van der Waals surface area contributed by atoms with Crippen molar-refractivity contribution in [2.75, 3.05) is 33.4 Å². The Balaban J connectivity index is 1.56. The van der Waals surface area contributed by atoms with Crippen LogP contribution in [0.15, 0.2) is 30.5 Å². The minimum Gasteiger partial charge on any atom is -0.484 e. The Morgan fingerprint density at radius 2 is 2.07 bits per heavy atom. The molecule has 1 saturated heterocycles. The predicted molar refractivity (Wildman–Crippen MR) is 101 cm³/mol. The summed E-state index contributed by atoms with van der Waals surface area (Å²) >= 11 is 0. The number of rotatable bonds is 9. The number of halogens is 2. The molecule has 2 heterocycles. The van der Waals surface area contributed by atoms with E-state index in [2.05, 4.69) is 15.6 Å². The Morgan fingerprint density at radius 3 is 2.80 bits per heavy atom. The number of carbonyl (C=O) groups excluding carboxylic acids is 2. The highest BCUT2D eigenvalue weighted by molar-refractivity contribution is 5.91. The molecule has 11 heteroatoms. The third-order valence-corrected chi connectivity index (χ3v) is 4.62. The van der Waals surface area contributed by atoms with Gasteiger partial charge in [0.05, 0.1) is 31.9 Å². The summed E-state index contributed by atoms with van der Waals surface area (Å²) in [4.78, 5) is 25.9. The fourth-order valence-corrected chi connectivity index (χ4v) is 3.16. The van der Waals surface area contributed by atoms with Crippen LogP contribution in [0.4, 0.5) is 8.78 Å². The van der Waals surface area contributed by atoms with Crippen LogP contribution in [0, 0.1) is 5.82 Å². The molecule has 30 heavy (non-hydrogen) atoms. The molecule has 1 N–H and O–H groups in total. The van der Waals surface area contributed by atoms with Crippen molar-refractivity contribution in [3.8, 4) is 5.75 Å². The van der Waals surface area contributed by atoms with E-state index in [0.29, 0.717) is 18.9 Å². The maximum absolute atomic E-state index is 14.0. The monoisotopic (exact) mass is 423 g/mol. The smallest absolute Gasteiger partial charge is 0.273 e. The second kappa shape index (κ2) is 10.1. The van der Waals surface area contributed by atoms with E-state index in [1.165, 1.54) is 47.2 Å². The van der Waals surface area contributed by atoms with Crippen LogP contribution in [-0.4, -0.2) is 77.3 Å². The fraction of sp³-hybridized carbons (Fsp3) is 0.474. The molecule has 1 aliphatic rings. The van der Waals surface area contributed by atoms with Crippen LogP contribution >= 0.6 is 0 Å². The maximum Gasteiger partial charge on any atom is 0.273 e. The summed E-state index contributed by atoms with van der Waals surface area (Å²) < 4.78 is 38.6. The first-order valence-electron chi connectivity index (χ1n) is 9.45. The highest BCUT2D eigenvalue weighted by Gasteiger charge is 2.36. The van der Waals surface area contributed by atoms with Crippen molar-refractivity contribution in [1.82, 2.24) is 25.2 Å². The first-order chi connectivity index (χ1) is 14.5. The Hall–Kier alpha value is -3.08. The largest absolute Gasteiger partial charge is 0.484 e. The van der Waals surface area contributed by atoms with E-state index in [1.54, 1.807) is 0 Å². The second-order valence-electron chi connectivity index (χ2n) is 6.85. The van der Waals surface area contributed by atoms with E-state index in [0.717, 1.165) is 0 Å². The molecular formula is C19H23F2N5O4. The number of likely N-dealkylation sites (tertiary alicyclic amines) is 1. The fourth-order valence-electron chi connectivity index (χ4n) is 3.16. The van der Waals surface area contributed by atoms with Gasteiger partial charge in [-0.15, -0.1) is 5.10 Å². The van der Waals surface area contributed by atoms with Gasteiger partial charge in [0, 0.05) is 20.1 Å². The van der Waals surface area contributed by atoms with E-state index in [9.17, 15) is 18.4 Å². The number of aromatic nitrogens is 3. The number of nitrogens with zero attached hydrogens (tertiary/aromatic N) is 4. The van der Waals surface area contributed by atoms with Gasteiger partial charge in [-0.1, -0.05) is 5.21 Å². The molecule has 0 aliphatic carbocycles. The number of amides is 2. The van der Waals surface area contributed by atoms with Crippen molar-refractivity contribution in [2.24, 2.45) is 0 Å². The molecule has 0 saturated carbocycles. The van der Waals surface area contributed by atoms with Gasteiger partial charge in [-0.25, -0.2) is 13.5 Å². The van der Waals surface area contributed by atoms with Crippen molar-refractivity contribution in [3.63, 3.8) is 0 Å². The van der Waals surface area contributed by atoms with E-state index in [-0.39, 0.29) is 37.7 Å². The normalized spacial score (nSPS) is 18.4. The SMILES string of the molecule is COCCNC(=O)c1cn(C[C@@H]2C[C@H](F)CN2C(=O)COc2ccc(F)cc2)nn1. The number of methoxy groups -OCH3 is 1. The van der Waals surface area contributed by atoms with Gasteiger partial charge >= 0.3 is 0 Å². The van der Waals surface area contributed by atoms with Gasteiger partial charge in [0.1, 0.15) is 17.7 Å². The van der Waals surface area contributed by atoms with Crippen LogP contribution < -0.4 is 10.1 Å². The molecule has 162 valence electrons. The van der Waals surface area contributed by atoms with Crippen molar-refractivity contribution in [3.05, 3.63) is 42.0 Å². The van der Waals surface area contributed by atoms with Crippen LogP contribution in [0.1, 0.15) is 16.9 Å². The van der Waals surface area contributed by atoms with Crippen LogP contribution in [0.2, 0.25) is 0 Å². The number of carbonyl (C=O) groups is 2. The van der Waals surface area contributed by atoms with E-state index < -0.39 is 23.9 Å². The van der Waals surface area contributed by atoms with Gasteiger partial charge in [-0.3, -0.25) is 9.59 Å². The molecule has 0 bridgehead atoms. The third kappa shape index (κ3) is 5.72. The number of hydrogen-bond donors (Lipinski definition) is 1. The van der Waals surface area contributed by atoms with Gasteiger partial charge in [0.15, 0.2) is 12.3 Å². The lowest BCUT2D eigenvalue weighted by molar-refractivity contribution is -0.134. The lowest BCUT2D eigenvalue weighted by atomic mass is 10.2. The average Bonchev–Trinajstić information content (AvgIpc) is 3.34. The Bertz CT molecular complexity index is 861. The second-order valence-corrected chi connectivity index (χ2v) is 6.85. The minimum atomic E-state index is -1.16.